The number of hydrogen-bond donors (Lipinski definition) is 2. The van der Waals surface area contributed by atoms with E-state index in [0.717, 1.165) is 44.2 Å². The molecule has 0 aromatic carbocycles. The summed E-state index contributed by atoms with van der Waals surface area (Å²) in [6, 6.07) is 0.00243. The fraction of sp³-hybridized carbons (Fsp3) is 0.929. The van der Waals surface area contributed by atoms with Crippen LogP contribution in [0.1, 0.15) is 58.8 Å². The molecule has 1 aliphatic carbocycles. The zero-order valence-electron chi connectivity index (χ0n) is 11.4. The van der Waals surface area contributed by atoms with Crippen LogP contribution in [0.5, 0.6) is 0 Å². The molecule has 1 aliphatic rings. The Hall–Kier alpha value is -0.730. The van der Waals surface area contributed by atoms with Gasteiger partial charge in [0.1, 0.15) is 0 Å². The van der Waals surface area contributed by atoms with E-state index in [9.17, 15) is 4.79 Å². The highest BCUT2D eigenvalue weighted by Crippen LogP contribution is 2.29. The fourth-order valence-corrected chi connectivity index (χ4v) is 2.45. The second-order valence-corrected chi connectivity index (χ2v) is 5.45. The molecule has 100 valence electrons. The van der Waals surface area contributed by atoms with Crippen LogP contribution in [0.3, 0.4) is 0 Å². The van der Waals surface area contributed by atoms with E-state index in [2.05, 4.69) is 24.5 Å². The van der Waals surface area contributed by atoms with Crippen molar-refractivity contribution in [3.63, 3.8) is 0 Å². The van der Waals surface area contributed by atoms with E-state index >= 15 is 0 Å². The van der Waals surface area contributed by atoms with Crippen molar-refractivity contribution in [1.82, 2.24) is 10.6 Å². The van der Waals surface area contributed by atoms with Crippen molar-refractivity contribution < 1.29 is 4.79 Å². The molecular weight excluding hydrogens is 212 g/mol. The quantitative estimate of drug-likeness (QED) is 0.687. The lowest BCUT2D eigenvalue weighted by atomic mass is 9.81. The molecule has 0 aromatic rings. The van der Waals surface area contributed by atoms with E-state index < -0.39 is 0 Å². The first kappa shape index (κ1) is 14.3. The smallest absolute Gasteiger partial charge is 0.314 e. The zero-order chi connectivity index (χ0) is 12.5. The van der Waals surface area contributed by atoms with Gasteiger partial charge in [-0.1, -0.05) is 46.0 Å². The Morgan fingerprint density at radius 1 is 1.12 bits per heavy atom. The van der Waals surface area contributed by atoms with Crippen LogP contribution in [0, 0.1) is 11.8 Å². The summed E-state index contributed by atoms with van der Waals surface area (Å²) in [5.74, 6) is 1.75. The number of urea groups is 1. The predicted molar refractivity (Wildman–Crippen MR) is 72.0 cm³/mol. The van der Waals surface area contributed by atoms with Crippen LogP contribution in [0.25, 0.3) is 0 Å². The van der Waals surface area contributed by atoms with Gasteiger partial charge in [-0.05, 0) is 24.7 Å². The summed E-state index contributed by atoms with van der Waals surface area (Å²) >= 11 is 0. The maximum absolute atomic E-state index is 11.4. The summed E-state index contributed by atoms with van der Waals surface area (Å²) in [4.78, 5) is 11.4. The lowest BCUT2D eigenvalue weighted by molar-refractivity contribution is 0.236. The first-order valence-electron chi connectivity index (χ1n) is 7.24. The van der Waals surface area contributed by atoms with Crippen LogP contribution >= 0.6 is 0 Å². The molecule has 1 rings (SSSR count). The normalized spacial score (nSPS) is 24.4. The molecule has 3 nitrogen and oxygen atoms in total. The van der Waals surface area contributed by atoms with Gasteiger partial charge in [0.2, 0.25) is 0 Å². The lowest BCUT2D eigenvalue weighted by Gasteiger charge is -2.26. The van der Waals surface area contributed by atoms with Crippen LogP contribution in [0.2, 0.25) is 0 Å². The summed E-state index contributed by atoms with van der Waals surface area (Å²) in [6.45, 7) is 6.10. The van der Waals surface area contributed by atoms with Crippen molar-refractivity contribution >= 4 is 6.03 Å². The van der Waals surface area contributed by atoms with E-state index in [1.54, 1.807) is 0 Å². The van der Waals surface area contributed by atoms with Crippen LogP contribution in [0.4, 0.5) is 4.79 Å². The highest BCUT2D eigenvalue weighted by Gasteiger charge is 2.17. The van der Waals surface area contributed by atoms with Crippen molar-refractivity contribution in [2.24, 2.45) is 11.8 Å². The molecule has 0 radical (unpaired) electrons. The first-order valence-corrected chi connectivity index (χ1v) is 7.24. The number of carbonyl (C=O) groups is 1. The summed E-state index contributed by atoms with van der Waals surface area (Å²) in [7, 11) is 0. The SMILES string of the molecule is CCCCNC(=O)NCCC1CCC(C)CC1. The first-order chi connectivity index (χ1) is 8.22. The average Bonchev–Trinajstić information content (AvgIpc) is 2.32. The average molecular weight is 240 g/mol. The minimum absolute atomic E-state index is 0.00243. The molecule has 0 atom stereocenters. The second-order valence-electron chi connectivity index (χ2n) is 5.45. The molecule has 0 spiro atoms. The fourth-order valence-electron chi connectivity index (χ4n) is 2.45. The summed E-state index contributed by atoms with van der Waals surface area (Å²) in [5.41, 5.74) is 0. The van der Waals surface area contributed by atoms with Gasteiger partial charge < -0.3 is 10.6 Å². The summed E-state index contributed by atoms with van der Waals surface area (Å²) in [5, 5.41) is 5.83. The van der Waals surface area contributed by atoms with Crippen molar-refractivity contribution in [2.75, 3.05) is 13.1 Å². The molecule has 1 saturated carbocycles. The Bertz CT molecular complexity index is 210. The highest BCUT2D eigenvalue weighted by molar-refractivity contribution is 5.73. The Labute approximate surface area is 106 Å². The molecule has 2 amide bonds. The number of amides is 2. The zero-order valence-corrected chi connectivity index (χ0v) is 11.4. The number of nitrogens with one attached hydrogen (secondary N) is 2. The van der Waals surface area contributed by atoms with Crippen molar-refractivity contribution in [1.29, 1.82) is 0 Å². The molecule has 2 N–H and O–H groups in total. The van der Waals surface area contributed by atoms with Gasteiger partial charge in [0.15, 0.2) is 0 Å². The third-order valence-corrected chi connectivity index (χ3v) is 3.79. The Kier molecular flexibility index (Phi) is 7.06. The molecule has 17 heavy (non-hydrogen) atoms. The standard InChI is InChI=1S/C14H28N2O/c1-3-4-10-15-14(17)16-11-9-13-7-5-12(2)6-8-13/h12-13H,3-11H2,1-2H3,(H2,15,16,17). The van der Waals surface area contributed by atoms with Gasteiger partial charge in [0, 0.05) is 13.1 Å². The molecule has 0 bridgehead atoms. The van der Waals surface area contributed by atoms with E-state index in [1.807, 2.05) is 0 Å². The van der Waals surface area contributed by atoms with Gasteiger partial charge in [-0.2, -0.15) is 0 Å². The van der Waals surface area contributed by atoms with Gasteiger partial charge in [-0.3, -0.25) is 0 Å². The summed E-state index contributed by atoms with van der Waals surface area (Å²) in [6.07, 6.45) is 8.77. The Morgan fingerprint density at radius 3 is 2.41 bits per heavy atom. The third kappa shape index (κ3) is 6.54. The Morgan fingerprint density at radius 2 is 1.76 bits per heavy atom. The molecule has 0 unspecified atom stereocenters. The molecule has 0 saturated heterocycles. The van der Waals surface area contributed by atoms with Gasteiger partial charge in [-0.25, -0.2) is 4.79 Å². The predicted octanol–water partition coefficient (Wildman–Crippen LogP) is 3.30. The molecule has 3 heteroatoms. The number of carbonyl (C=O) groups excluding carboxylic acids is 1. The highest BCUT2D eigenvalue weighted by atomic mass is 16.2. The van der Waals surface area contributed by atoms with Gasteiger partial charge in [-0.15, -0.1) is 0 Å². The van der Waals surface area contributed by atoms with Crippen LogP contribution < -0.4 is 10.6 Å². The lowest BCUT2D eigenvalue weighted by Crippen LogP contribution is -2.37. The topological polar surface area (TPSA) is 41.1 Å². The molecule has 0 heterocycles. The number of hydrogen-bond acceptors (Lipinski definition) is 1. The minimum Gasteiger partial charge on any atom is -0.338 e. The maximum atomic E-state index is 11.4. The minimum atomic E-state index is 0.00243. The van der Waals surface area contributed by atoms with Gasteiger partial charge >= 0.3 is 6.03 Å². The van der Waals surface area contributed by atoms with Gasteiger partial charge in [0.25, 0.3) is 0 Å². The molecule has 0 aromatic heterocycles. The largest absolute Gasteiger partial charge is 0.338 e. The number of rotatable bonds is 6. The third-order valence-electron chi connectivity index (χ3n) is 3.79. The van der Waals surface area contributed by atoms with Crippen molar-refractivity contribution in [2.45, 2.75) is 58.8 Å². The second kappa shape index (κ2) is 8.37. The van der Waals surface area contributed by atoms with E-state index in [0.29, 0.717) is 0 Å². The number of unbranched alkanes of at least 4 members (excludes halogenated alkanes) is 1. The van der Waals surface area contributed by atoms with Crippen LogP contribution in [0.15, 0.2) is 0 Å². The molecule has 1 fully saturated rings. The van der Waals surface area contributed by atoms with Crippen LogP contribution in [-0.2, 0) is 0 Å². The monoisotopic (exact) mass is 240 g/mol. The molecular formula is C14H28N2O. The van der Waals surface area contributed by atoms with Crippen molar-refractivity contribution in [3.8, 4) is 0 Å². The Balaban J connectivity index is 1.97. The molecule has 0 aliphatic heterocycles. The van der Waals surface area contributed by atoms with Crippen LogP contribution in [-0.4, -0.2) is 19.1 Å². The van der Waals surface area contributed by atoms with E-state index in [1.165, 1.54) is 25.7 Å². The maximum Gasteiger partial charge on any atom is 0.314 e. The van der Waals surface area contributed by atoms with E-state index in [-0.39, 0.29) is 6.03 Å². The summed E-state index contributed by atoms with van der Waals surface area (Å²) < 4.78 is 0. The van der Waals surface area contributed by atoms with Crippen molar-refractivity contribution in [3.05, 3.63) is 0 Å². The van der Waals surface area contributed by atoms with Gasteiger partial charge in [0.05, 0.1) is 0 Å². The van der Waals surface area contributed by atoms with E-state index in [4.69, 9.17) is 0 Å².